The van der Waals surface area contributed by atoms with E-state index in [1.54, 1.807) is 31.1 Å². The van der Waals surface area contributed by atoms with Crippen molar-refractivity contribution in [2.45, 2.75) is 35.4 Å². The van der Waals surface area contributed by atoms with Gasteiger partial charge >= 0.3 is 5.69 Å². The second-order valence-electron chi connectivity index (χ2n) is 7.04. The smallest absolute Gasteiger partial charge is 0.330 e. The van der Waals surface area contributed by atoms with Crippen molar-refractivity contribution in [1.82, 2.24) is 14.5 Å². The number of sulfone groups is 1. The van der Waals surface area contributed by atoms with Crippen molar-refractivity contribution in [2.24, 2.45) is 0 Å². The van der Waals surface area contributed by atoms with E-state index in [-0.39, 0.29) is 4.90 Å². The van der Waals surface area contributed by atoms with Gasteiger partial charge in [-0.15, -0.1) is 0 Å². The summed E-state index contributed by atoms with van der Waals surface area (Å²) in [5.41, 5.74) is -0.361. The number of likely N-dealkylation sites (N-methyl/N-ethyl adjacent to an activating group) is 1. The fourth-order valence-electron chi connectivity index (χ4n) is 3.54. The third-order valence-corrected chi connectivity index (χ3v) is 7.15. The first-order chi connectivity index (χ1) is 13.2. The first-order valence-electron chi connectivity index (χ1n) is 8.71. The molecule has 1 aliphatic rings. The fourth-order valence-corrected chi connectivity index (χ4v) is 5.67. The minimum absolute atomic E-state index is 0.117. The lowest BCUT2D eigenvalue weighted by Gasteiger charge is -2.30. The Balaban J connectivity index is 2.12. The predicted molar refractivity (Wildman–Crippen MR) is 102 cm³/mol. The van der Waals surface area contributed by atoms with Gasteiger partial charge in [0.2, 0.25) is 0 Å². The second kappa shape index (κ2) is 7.63. The minimum atomic E-state index is -3.89. The molecule has 1 fully saturated rings. The summed E-state index contributed by atoms with van der Waals surface area (Å²) in [6, 6.07) is 6.83. The fraction of sp³-hybridized carbons (Fsp3) is 0.444. The van der Waals surface area contributed by atoms with E-state index in [2.05, 4.69) is 4.98 Å². The average Bonchev–Trinajstić information content (AvgIpc) is 3.02. The number of benzene rings is 1. The van der Waals surface area contributed by atoms with E-state index in [0.717, 1.165) is 16.2 Å². The molecule has 2 N–H and O–H groups in total. The number of aromatic amines is 1. The predicted octanol–water partition coefficient (Wildman–Crippen LogP) is -0.493. The molecular formula is C18H23N3O6S. The number of aromatic nitrogens is 2. The van der Waals surface area contributed by atoms with Crippen LogP contribution in [-0.4, -0.2) is 66.1 Å². The quantitative estimate of drug-likeness (QED) is 0.683. The molecule has 152 valence electrons. The molecule has 1 aromatic heterocycles. The van der Waals surface area contributed by atoms with E-state index in [9.17, 15) is 23.1 Å². The molecule has 1 aliphatic heterocycles. The van der Waals surface area contributed by atoms with Crippen LogP contribution in [0.5, 0.6) is 0 Å². The van der Waals surface area contributed by atoms with Crippen molar-refractivity contribution in [3.8, 4) is 0 Å². The van der Waals surface area contributed by atoms with Crippen molar-refractivity contribution >= 4 is 9.84 Å². The number of aryl methyl sites for hydroxylation is 1. The molecule has 3 rings (SSSR count). The van der Waals surface area contributed by atoms with Crippen LogP contribution in [0, 0.1) is 6.92 Å². The Kier molecular flexibility index (Phi) is 5.57. The molecule has 0 amide bonds. The maximum Gasteiger partial charge on any atom is 0.330 e. The van der Waals surface area contributed by atoms with Crippen LogP contribution in [0.15, 0.2) is 51.0 Å². The van der Waals surface area contributed by atoms with E-state index in [4.69, 9.17) is 4.74 Å². The second-order valence-corrected chi connectivity index (χ2v) is 9.15. The van der Waals surface area contributed by atoms with Gasteiger partial charge in [-0.25, -0.2) is 13.2 Å². The van der Waals surface area contributed by atoms with Crippen LogP contribution in [0.4, 0.5) is 0 Å². The van der Waals surface area contributed by atoms with Gasteiger partial charge in [-0.05, 0) is 33.2 Å². The number of ether oxygens (including phenoxy) is 1. The molecule has 2 heterocycles. The Bertz CT molecular complexity index is 1060. The summed E-state index contributed by atoms with van der Waals surface area (Å²) < 4.78 is 33.7. The Morgan fingerprint density at radius 1 is 1.18 bits per heavy atom. The van der Waals surface area contributed by atoms with Gasteiger partial charge in [0.25, 0.3) is 5.56 Å². The molecule has 28 heavy (non-hydrogen) atoms. The van der Waals surface area contributed by atoms with Gasteiger partial charge in [0, 0.05) is 12.3 Å². The Labute approximate surface area is 162 Å². The topological polar surface area (TPSA) is 122 Å². The van der Waals surface area contributed by atoms with Gasteiger partial charge in [-0.2, -0.15) is 0 Å². The van der Waals surface area contributed by atoms with E-state index in [1.807, 2.05) is 6.92 Å². The Morgan fingerprint density at radius 3 is 2.36 bits per heavy atom. The number of H-pyrrole nitrogens is 1. The first-order valence-corrected chi connectivity index (χ1v) is 10.3. The van der Waals surface area contributed by atoms with Gasteiger partial charge in [-0.1, -0.05) is 17.7 Å². The zero-order valence-corrected chi connectivity index (χ0v) is 16.6. The van der Waals surface area contributed by atoms with Crippen LogP contribution in [0.2, 0.25) is 0 Å². The molecule has 0 aliphatic carbocycles. The van der Waals surface area contributed by atoms with E-state index >= 15 is 0 Å². The number of hydrogen-bond donors (Lipinski definition) is 2. The Morgan fingerprint density at radius 2 is 1.82 bits per heavy atom. The average molecular weight is 409 g/mol. The summed E-state index contributed by atoms with van der Waals surface area (Å²) in [4.78, 5) is 27.5. The van der Waals surface area contributed by atoms with Crippen molar-refractivity contribution < 1.29 is 18.3 Å². The van der Waals surface area contributed by atoms with Crippen molar-refractivity contribution in [2.75, 3.05) is 20.7 Å². The van der Waals surface area contributed by atoms with Crippen molar-refractivity contribution in [1.29, 1.82) is 0 Å². The maximum absolute atomic E-state index is 13.4. The van der Waals surface area contributed by atoms with Crippen molar-refractivity contribution in [3.05, 3.63) is 62.9 Å². The highest BCUT2D eigenvalue weighted by atomic mass is 32.2. The zero-order chi connectivity index (χ0) is 20.6. The van der Waals surface area contributed by atoms with E-state index in [0.29, 0.717) is 0 Å². The van der Waals surface area contributed by atoms with Crippen LogP contribution in [0.25, 0.3) is 0 Å². The number of hydrogen-bond acceptors (Lipinski definition) is 7. The monoisotopic (exact) mass is 409 g/mol. The maximum atomic E-state index is 13.4. The van der Waals surface area contributed by atoms with Gasteiger partial charge in [0.15, 0.2) is 16.1 Å². The summed E-state index contributed by atoms with van der Waals surface area (Å²) >= 11 is 0. The van der Waals surface area contributed by atoms with Crippen molar-refractivity contribution in [3.63, 3.8) is 0 Å². The standard InChI is InChI=1S/C18H23N3O6S/c1-11-4-6-12(7-5-11)28(25,26)16-13(10-22)27-17(15(16)20(2)3)21-9-8-14(23)19-18(21)24/h4-9,13,15-17,22H,10H2,1-3H3,(H,19,23,24)/t13-,15-,16+,17-/m1/s1. The number of aliphatic hydroxyl groups excluding tert-OH is 1. The molecule has 1 saturated heterocycles. The van der Waals surface area contributed by atoms with Crippen LogP contribution in [-0.2, 0) is 14.6 Å². The van der Waals surface area contributed by atoms with Gasteiger partial charge in [0.1, 0.15) is 11.4 Å². The molecule has 0 bridgehead atoms. The number of nitrogens with zero attached hydrogens (tertiary/aromatic N) is 2. The zero-order valence-electron chi connectivity index (χ0n) is 15.8. The lowest BCUT2D eigenvalue weighted by atomic mass is 10.1. The van der Waals surface area contributed by atoms with Gasteiger partial charge in [-0.3, -0.25) is 14.3 Å². The van der Waals surface area contributed by atoms with E-state index < -0.39 is 51.3 Å². The highest BCUT2D eigenvalue weighted by molar-refractivity contribution is 7.92. The first kappa shape index (κ1) is 20.5. The summed E-state index contributed by atoms with van der Waals surface area (Å²) in [7, 11) is -0.535. The molecule has 10 heteroatoms. The lowest BCUT2D eigenvalue weighted by Crippen LogP contribution is -2.49. The van der Waals surface area contributed by atoms with Crippen LogP contribution in [0.3, 0.4) is 0 Å². The largest absolute Gasteiger partial charge is 0.394 e. The molecule has 4 atom stereocenters. The van der Waals surface area contributed by atoms with Crippen LogP contribution < -0.4 is 11.2 Å². The third-order valence-electron chi connectivity index (χ3n) is 4.92. The van der Waals surface area contributed by atoms with Gasteiger partial charge in [0.05, 0.1) is 17.5 Å². The third kappa shape index (κ3) is 3.55. The molecule has 1 aromatic carbocycles. The summed E-state index contributed by atoms with van der Waals surface area (Å²) in [5, 5.41) is 8.70. The lowest BCUT2D eigenvalue weighted by molar-refractivity contribution is -0.0387. The van der Waals surface area contributed by atoms with E-state index in [1.165, 1.54) is 18.3 Å². The molecule has 0 unspecified atom stereocenters. The molecule has 0 radical (unpaired) electrons. The SMILES string of the molecule is Cc1ccc(S(=O)(=O)[C@@H]2[C@@H](N(C)C)[C@H](n3ccc(=O)[nH]c3=O)O[C@@H]2CO)cc1. The normalized spacial score (nSPS) is 25.3. The van der Waals surface area contributed by atoms with Crippen LogP contribution in [0.1, 0.15) is 11.8 Å². The van der Waals surface area contributed by atoms with Gasteiger partial charge < -0.3 is 14.7 Å². The van der Waals surface area contributed by atoms with Crippen LogP contribution >= 0.6 is 0 Å². The number of nitrogens with one attached hydrogen (secondary N) is 1. The molecular weight excluding hydrogens is 386 g/mol. The summed E-state index contributed by atoms with van der Waals surface area (Å²) in [6.07, 6.45) is -0.776. The summed E-state index contributed by atoms with van der Waals surface area (Å²) in [6.45, 7) is 1.32. The molecule has 2 aromatic rings. The highest BCUT2D eigenvalue weighted by Gasteiger charge is 2.53. The molecule has 0 spiro atoms. The molecule has 0 saturated carbocycles. The number of aliphatic hydroxyl groups is 1. The molecule has 9 nitrogen and oxygen atoms in total. The summed E-state index contributed by atoms with van der Waals surface area (Å²) in [5.74, 6) is 0. The number of rotatable bonds is 5. The highest BCUT2D eigenvalue weighted by Crippen LogP contribution is 2.37. The Hall–Kier alpha value is -2.27. The minimum Gasteiger partial charge on any atom is -0.394 e.